The second-order valence-electron chi connectivity index (χ2n) is 5.77. The fourth-order valence-corrected chi connectivity index (χ4v) is 3.97. The molecule has 4 nitrogen and oxygen atoms in total. The van der Waals surface area contributed by atoms with Crippen molar-refractivity contribution < 1.29 is 18.3 Å². The number of benzene rings is 1. The summed E-state index contributed by atoms with van der Waals surface area (Å²) in [6.45, 7) is 0.517. The van der Waals surface area contributed by atoms with E-state index in [4.69, 9.17) is 27.9 Å². The van der Waals surface area contributed by atoms with Crippen LogP contribution in [-0.2, 0) is 14.6 Å². The van der Waals surface area contributed by atoms with Gasteiger partial charge in [0.05, 0.1) is 28.0 Å². The first-order valence-electron chi connectivity index (χ1n) is 7.20. The molecule has 0 radical (unpaired) electrons. The van der Waals surface area contributed by atoms with Crippen molar-refractivity contribution in [2.75, 3.05) is 18.6 Å². The molecule has 0 aliphatic carbocycles. The minimum Gasteiger partial charge on any atom is -0.389 e. The highest BCUT2D eigenvalue weighted by atomic mass is 35.5. The molecule has 0 amide bonds. The SMILES string of the molecule is CS(=O)(=O)C[C@@H](O)[C@H]1OCCCCC1c1ccc(Cl)c(Cl)c1. The molecule has 1 saturated heterocycles. The van der Waals surface area contributed by atoms with Crippen molar-refractivity contribution in [2.45, 2.75) is 37.4 Å². The summed E-state index contributed by atoms with van der Waals surface area (Å²) in [4.78, 5) is 0. The molecule has 2 rings (SSSR count). The Kier molecular flexibility index (Phi) is 6.14. The molecule has 1 aliphatic rings. The molecule has 1 aliphatic heterocycles. The van der Waals surface area contributed by atoms with Gasteiger partial charge >= 0.3 is 0 Å². The van der Waals surface area contributed by atoms with Gasteiger partial charge in [-0.2, -0.15) is 0 Å². The molecule has 0 spiro atoms. The van der Waals surface area contributed by atoms with E-state index in [1.54, 1.807) is 12.1 Å². The van der Waals surface area contributed by atoms with E-state index in [1.165, 1.54) is 0 Å². The molecule has 22 heavy (non-hydrogen) atoms. The van der Waals surface area contributed by atoms with Crippen LogP contribution < -0.4 is 0 Å². The summed E-state index contributed by atoms with van der Waals surface area (Å²) in [7, 11) is -3.28. The van der Waals surface area contributed by atoms with Gasteiger partial charge in [-0.05, 0) is 30.5 Å². The maximum Gasteiger partial charge on any atom is 0.150 e. The van der Waals surface area contributed by atoms with Crippen LogP contribution in [0.25, 0.3) is 0 Å². The zero-order chi connectivity index (χ0) is 16.3. The van der Waals surface area contributed by atoms with E-state index in [-0.39, 0.29) is 11.7 Å². The lowest BCUT2D eigenvalue weighted by Crippen LogP contribution is -2.38. The number of ether oxygens (including phenoxy) is 1. The molecule has 7 heteroatoms. The minimum absolute atomic E-state index is 0.103. The number of aliphatic hydroxyl groups is 1. The van der Waals surface area contributed by atoms with Crippen molar-refractivity contribution in [3.63, 3.8) is 0 Å². The number of sulfone groups is 1. The molecule has 0 bridgehead atoms. The van der Waals surface area contributed by atoms with Gasteiger partial charge in [-0.1, -0.05) is 35.7 Å². The quantitative estimate of drug-likeness (QED) is 0.889. The second-order valence-corrected chi connectivity index (χ2v) is 8.77. The van der Waals surface area contributed by atoms with Gasteiger partial charge in [-0.3, -0.25) is 0 Å². The predicted molar refractivity (Wildman–Crippen MR) is 88.5 cm³/mol. The number of halogens is 2. The Hall–Kier alpha value is -0.330. The normalized spacial score (nSPS) is 24.7. The topological polar surface area (TPSA) is 63.6 Å². The maximum absolute atomic E-state index is 11.5. The van der Waals surface area contributed by atoms with Gasteiger partial charge in [0.25, 0.3) is 0 Å². The Bertz CT molecular complexity index is 618. The van der Waals surface area contributed by atoms with Gasteiger partial charge in [0.1, 0.15) is 9.84 Å². The molecule has 124 valence electrons. The summed E-state index contributed by atoms with van der Waals surface area (Å²) < 4.78 is 28.7. The van der Waals surface area contributed by atoms with Crippen LogP contribution >= 0.6 is 23.2 Å². The standard InChI is InChI=1S/C15H20Cl2O4S/c1-22(19,20)9-14(18)15-11(4-2-3-7-21-15)10-5-6-12(16)13(17)8-10/h5-6,8,11,14-15,18H,2-4,7,9H2,1H3/t11?,14-,15+/m1/s1. The summed E-state index contributed by atoms with van der Waals surface area (Å²) >= 11 is 12.0. The highest BCUT2D eigenvalue weighted by Gasteiger charge is 2.33. The van der Waals surface area contributed by atoms with Gasteiger partial charge < -0.3 is 9.84 Å². The smallest absolute Gasteiger partial charge is 0.150 e. The molecule has 1 heterocycles. The highest BCUT2D eigenvalue weighted by molar-refractivity contribution is 7.90. The van der Waals surface area contributed by atoms with Crippen molar-refractivity contribution in [3.8, 4) is 0 Å². The lowest BCUT2D eigenvalue weighted by atomic mass is 9.87. The highest BCUT2D eigenvalue weighted by Crippen LogP contribution is 2.35. The van der Waals surface area contributed by atoms with E-state index in [0.717, 1.165) is 31.1 Å². The van der Waals surface area contributed by atoms with Gasteiger partial charge in [0.15, 0.2) is 0 Å². The van der Waals surface area contributed by atoms with Crippen LogP contribution in [0.15, 0.2) is 18.2 Å². The van der Waals surface area contributed by atoms with Crippen LogP contribution in [0.2, 0.25) is 10.0 Å². The first-order chi connectivity index (χ1) is 10.3. The Morgan fingerprint density at radius 2 is 2.05 bits per heavy atom. The largest absolute Gasteiger partial charge is 0.389 e. The lowest BCUT2D eigenvalue weighted by molar-refractivity contribution is -0.0349. The van der Waals surface area contributed by atoms with Gasteiger partial charge in [0.2, 0.25) is 0 Å². The molecule has 1 fully saturated rings. The number of hydrogen-bond acceptors (Lipinski definition) is 4. The van der Waals surface area contributed by atoms with E-state index in [0.29, 0.717) is 16.7 Å². The van der Waals surface area contributed by atoms with E-state index in [9.17, 15) is 13.5 Å². The third kappa shape index (κ3) is 4.83. The summed E-state index contributed by atoms with van der Waals surface area (Å²) in [6, 6.07) is 5.33. The Morgan fingerprint density at radius 1 is 1.32 bits per heavy atom. The van der Waals surface area contributed by atoms with Crippen LogP contribution in [0.4, 0.5) is 0 Å². The fraction of sp³-hybridized carbons (Fsp3) is 0.600. The van der Waals surface area contributed by atoms with Crippen LogP contribution in [0.1, 0.15) is 30.7 Å². The molecule has 1 unspecified atom stereocenters. The number of rotatable bonds is 4. The van der Waals surface area contributed by atoms with Crippen LogP contribution in [0.3, 0.4) is 0 Å². The van der Waals surface area contributed by atoms with Gasteiger partial charge in [0, 0.05) is 18.8 Å². The predicted octanol–water partition coefficient (Wildman–Crippen LogP) is 3.05. The summed E-state index contributed by atoms with van der Waals surface area (Å²) in [5.74, 6) is -0.413. The average Bonchev–Trinajstić information content (AvgIpc) is 2.65. The maximum atomic E-state index is 11.5. The zero-order valence-electron chi connectivity index (χ0n) is 12.3. The third-order valence-corrected chi connectivity index (χ3v) is 5.53. The first kappa shape index (κ1) is 18.0. The molecule has 3 atom stereocenters. The van der Waals surface area contributed by atoms with Crippen molar-refractivity contribution in [2.24, 2.45) is 0 Å². The van der Waals surface area contributed by atoms with Crippen molar-refractivity contribution in [1.29, 1.82) is 0 Å². The summed E-state index contributed by atoms with van der Waals surface area (Å²) in [6.07, 6.45) is 2.14. The van der Waals surface area contributed by atoms with Crippen molar-refractivity contribution in [3.05, 3.63) is 33.8 Å². The van der Waals surface area contributed by atoms with Crippen LogP contribution in [-0.4, -0.2) is 44.3 Å². The van der Waals surface area contributed by atoms with Crippen LogP contribution in [0.5, 0.6) is 0 Å². The first-order valence-corrected chi connectivity index (χ1v) is 10.0. The lowest BCUT2D eigenvalue weighted by Gasteiger charge is -2.29. The molecule has 1 N–H and O–H groups in total. The van der Waals surface area contributed by atoms with E-state index >= 15 is 0 Å². The molecular formula is C15H20Cl2O4S. The average molecular weight is 367 g/mol. The van der Waals surface area contributed by atoms with Crippen molar-refractivity contribution >= 4 is 33.0 Å². The summed E-state index contributed by atoms with van der Waals surface area (Å²) in [5.41, 5.74) is 0.911. The number of hydrogen-bond donors (Lipinski definition) is 1. The monoisotopic (exact) mass is 366 g/mol. The van der Waals surface area contributed by atoms with Crippen molar-refractivity contribution in [1.82, 2.24) is 0 Å². The van der Waals surface area contributed by atoms with Gasteiger partial charge in [-0.25, -0.2) is 8.42 Å². The Labute approximate surface area is 141 Å². The summed E-state index contributed by atoms with van der Waals surface area (Å²) in [5, 5.41) is 11.2. The second kappa shape index (κ2) is 7.49. The molecule has 1 aromatic rings. The van der Waals surface area contributed by atoms with Gasteiger partial charge in [-0.15, -0.1) is 0 Å². The Balaban J connectivity index is 2.29. The molecule has 1 aromatic carbocycles. The third-order valence-electron chi connectivity index (χ3n) is 3.84. The van der Waals surface area contributed by atoms with E-state index in [2.05, 4.69) is 0 Å². The number of aliphatic hydroxyl groups excluding tert-OH is 1. The molecule has 0 aromatic heterocycles. The molecule has 0 saturated carbocycles. The Morgan fingerprint density at radius 3 is 2.68 bits per heavy atom. The van der Waals surface area contributed by atoms with E-state index in [1.807, 2.05) is 6.07 Å². The molecular weight excluding hydrogens is 347 g/mol. The minimum atomic E-state index is -3.28. The zero-order valence-corrected chi connectivity index (χ0v) is 14.7. The van der Waals surface area contributed by atoms with Crippen LogP contribution in [0, 0.1) is 0 Å². The fourth-order valence-electron chi connectivity index (χ4n) is 2.85. The van der Waals surface area contributed by atoms with E-state index < -0.39 is 22.0 Å².